The molecule has 5 nitrogen and oxygen atoms in total. The molecule has 0 aliphatic carbocycles. The highest BCUT2D eigenvalue weighted by Gasteiger charge is 2.14. The fourth-order valence-electron chi connectivity index (χ4n) is 2.90. The first-order valence-electron chi connectivity index (χ1n) is 9.18. The van der Waals surface area contributed by atoms with E-state index in [1.54, 1.807) is 6.20 Å². The maximum Gasteiger partial charge on any atom is 0.252 e. The van der Waals surface area contributed by atoms with Crippen LogP contribution in [0.15, 0.2) is 91.1 Å². The lowest BCUT2D eigenvalue weighted by Crippen LogP contribution is -2.20. The summed E-state index contributed by atoms with van der Waals surface area (Å²) in [5, 5.41) is 11.8. The van der Waals surface area contributed by atoms with E-state index in [0.29, 0.717) is 18.3 Å². The lowest BCUT2D eigenvalue weighted by molar-refractivity contribution is 0.865. The van der Waals surface area contributed by atoms with E-state index in [9.17, 15) is 0 Å². The van der Waals surface area contributed by atoms with Crippen molar-refractivity contribution in [2.24, 2.45) is 0 Å². The van der Waals surface area contributed by atoms with E-state index in [0.717, 1.165) is 11.4 Å². The standard InChI is InChI=1S/C23H21N5/c1-18-12-14-20(15-13-18)25-22-16-24-27-23(26-22)28(21-10-6-3-7-11-21)17-19-8-4-2-5-9-19/h2-16H,17H2,1H3,(H,25,26,27). The Hall–Kier alpha value is -3.73. The smallest absolute Gasteiger partial charge is 0.252 e. The van der Waals surface area contributed by atoms with Crippen molar-refractivity contribution in [2.75, 3.05) is 10.2 Å². The van der Waals surface area contributed by atoms with Gasteiger partial charge in [0.15, 0.2) is 5.82 Å². The molecule has 0 fully saturated rings. The van der Waals surface area contributed by atoms with Crippen molar-refractivity contribution in [3.05, 3.63) is 102 Å². The fraction of sp³-hybridized carbons (Fsp3) is 0.0870. The Morgan fingerprint density at radius 3 is 2.21 bits per heavy atom. The molecule has 0 bridgehead atoms. The molecule has 0 spiro atoms. The van der Waals surface area contributed by atoms with Gasteiger partial charge in [-0.05, 0) is 36.8 Å². The normalized spacial score (nSPS) is 10.5. The number of aromatic nitrogens is 3. The molecule has 4 rings (SSSR count). The van der Waals surface area contributed by atoms with Crippen LogP contribution in [0, 0.1) is 6.92 Å². The van der Waals surface area contributed by atoms with Crippen LogP contribution in [-0.4, -0.2) is 15.2 Å². The summed E-state index contributed by atoms with van der Waals surface area (Å²) in [4.78, 5) is 6.76. The van der Waals surface area contributed by atoms with Crippen molar-refractivity contribution in [1.29, 1.82) is 0 Å². The maximum absolute atomic E-state index is 4.70. The van der Waals surface area contributed by atoms with Crippen LogP contribution >= 0.6 is 0 Å². The average molecular weight is 367 g/mol. The Morgan fingerprint density at radius 2 is 1.50 bits per heavy atom. The van der Waals surface area contributed by atoms with E-state index < -0.39 is 0 Å². The van der Waals surface area contributed by atoms with Gasteiger partial charge in [0.25, 0.3) is 5.95 Å². The number of hydrogen-bond acceptors (Lipinski definition) is 5. The first-order valence-corrected chi connectivity index (χ1v) is 9.18. The molecule has 0 amide bonds. The number of nitrogens with one attached hydrogen (secondary N) is 1. The summed E-state index contributed by atoms with van der Waals surface area (Å²) in [6.07, 6.45) is 1.63. The van der Waals surface area contributed by atoms with Crippen LogP contribution in [-0.2, 0) is 6.54 Å². The second kappa shape index (κ2) is 8.31. The van der Waals surface area contributed by atoms with E-state index >= 15 is 0 Å². The largest absolute Gasteiger partial charge is 0.339 e. The van der Waals surface area contributed by atoms with Crippen LogP contribution in [0.25, 0.3) is 0 Å². The summed E-state index contributed by atoms with van der Waals surface area (Å²) in [5.74, 6) is 1.20. The van der Waals surface area contributed by atoms with E-state index in [-0.39, 0.29) is 0 Å². The van der Waals surface area contributed by atoms with Gasteiger partial charge >= 0.3 is 0 Å². The topological polar surface area (TPSA) is 53.9 Å². The predicted octanol–water partition coefficient (Wildman–Crippen LogP) is 5.26. The molecule has 28 heavy (non-hydrogen) atoms. The number of anilines is 4. The minimum absolute atomic E-state index is 0.548. The van der Waals surface area contributed by atoms with Crippen molar-refractivity contribution in [1.82, 2.24) is 15.2 Å². The van der Waals surface area contributed by atoms with E-state index in [4.69, 9.17) is 4.98 Å². The van der Waals surface area contributed by atoms with Gasteiger partial charge in [-0.1, -0.05) is 66.2 Å². The Kier molecular flexibility index (Phi) is 5.24. The molecule has 0 saturated carbocycles. The van der Waals surface area contributed by atoms with Crippen molar-refractivity contribution >= 4 is 23.1 Å². The summed E-state index contributed by atoms with van der Waals surface area (Å²) in [6.45, 7) is 2.72. The highest BCUT2D eigenvalue weighted by Crippen LogP contribution is 2.25. The lowest BCUT2D eigenvalue weighted by atomic mass is 10.2. The fourth-order valence-corrected chi connectivity index (χ4v) is 2.90. The summed E-state index contributed by atoms with van der Waals surface area (Å²) in [7, 11) is 0. The van der Waals surface area contributed by atoms with Crippen molar-refractivity contribution < 1.29 is 0 Å². The van der Waals surface area contributed by atoms with Gasteiger partial charge in [-0.15, -0.1) is 5.10 Å². The Morgan fingerprint density at radius 1 is 0.821 bits per heavy atom. The third-order valence-corrected chi connectivity index (χ3v) is 4.36. The molecule has 4 aromatic rings. The highest BCUT2D eigenvalue weighted by molar-refractivity contribution is 5.60. The van der Waals surface area contributed by atoms with E-state index in [1.807, 2.05) is 60.7 Å². The zero-order valence-electron chi connectivity index (χ0n) is 15.7. The number of para-hydroxylation sites is 1. The number of aryl methyl sites for hydroxylation is 1. The summed E-state index contributed by atoms with van der Waals surface area (Å²) >= 11 is 0. The molecule has 3 aromatic carbocycles. The van der Waals surface area contributed by atoms with E-state index in [2.05, 4.69) is 51.6 Å². The third-order valence-electron chi connectivity index (χ3n) is 4.36. The van der Waals surface area contributed by atoms with E-state index in [1.165, 1.54) is 11.1 Å². The molecule has 0 unspecified atom stereocenters. The molecular weight excluding hydrogens is 346 g/mol. The molecule has 0 atom stereocenters. The van der Waals surface area contributed by atoms with Crippen molar-refractivity contribution in [3.63, 3.8) is 0 Å². The molecular formula is C23H21N5. The quantitative estimate of drug-likeness (QED) is 0.504. The lowest BCUT2D eigenvalue weighted by Gasteiger charge is -2.22. The second-order valence-corrected chi connectivity index (χ2v) is 6.54. The maximum atomic E-state index is 4.70. The number of hydrogen-bond donors (Lipinski definition) is 1. The molecule has 0 aliphatic heterocycles. The van der Waals surface area contributed by atoms with Crippen LogP contribution in [0.4, 0.5) is 23.1 Å². The van der Waals surface area contributed by atoms with Gasteiger partial charge < -0.3 is 10.2 Å². The number of nitrogens with zero attached hydrogens (tertiary/aromatic N) is 4. The SMILES string of the molecule is Cc1ccc(Nc2cnnc(N(Cc3ccccc3)c3ccccc3)n2)cc1. The number of rotatable bonds is 6. The van der Waals surface area contributed by atoms with Crippen LogP contribution in [0.3, 0.4) is 0 Å². The molecule has 0 aliphatic rings. The molecule has 1 N–H and O–H groups in total. The minimum atomic E-state index is 0.548. The minimum Gasteiger partial charge on any atom is -0.339 e. The van der Waals surface area contributed by atoms with Gasteiger partial charge in [-0.25, -0.2) is 0 Å². The Labute approximate surface area is 164 Å². The third kappa shape index (κ3) is 4.32. The van der Waals surface area contributed by atoms with Crippen LogP contribution in [0.1, 0.15) is 11.1 Å². The first kappa shape index (κ1) is 17.7. The zero-order valence-corrected chi connectivity index (χ0v) is 15.7. The highest BCUT2D eigenvalue weighted by atomic mass is 15.3. The number of benzene rings is 3. The monoisotopic (exact) mass is 367 g/mol. The van der Waals surface area contributed by atoms with Crippen LogP contribution in [0.5, 0.6) is 0 Å². The summed E-state index contributed by atoms with van der Waals surface area (Å²) in [6, 6.07) is 28.6. The Balaban J connectivity index is 1.65. The molecule has 138 valence electrons. The predicted molar refractivity (Wildman–Crippen MR) is 113 cm³/mol. The molecule has 5 heteroatoms. The van der Waals surface area contributed by atoms with Gasteiger partial charge in [0.2, 0.25) is 0 Å². The van der Waals surface area contributed by atoms with Crippen LogP contribution in [0.2, 0.25) is 0 Å². The van der Waals surface area contributed by atoms with Gasteiger partial charge in [-0.2, -0.15) is 10.1 Å². The first-order chi connectivity index (χ1) is 13.8. The second-order valence-electron chi connectivity index (χ2n) is 6.54. The zero-order chi connectivity index (χ0) is 19.2. The van der Waals surface area contributed by atoms with Crippen LogP contribution < -0.4 is 10.2 Å². The molecule has 0 radical (unpaired) electrons. The van der Waals surface area contributed by atoms with Crippen molar-refractivity contribution in [3.8, 4) is 0 Å². The van der Waals surface area contributed by atoms with Gasteiger partial charge in [0.05, 0.1) is 12.7 Å². The average Bonchev–Trinajstić information content (AvgIpc) is 2.75. The molecule has 1 heterocycles. The van der Waals surface area contributed by atoms with Gasteiger partial charge in [-0.3, -0.25) is 0 Å². The Bertz CT molecular complexity index is 1020. The van der Waals surface area contributed by atoms with Gasteiger partial charge in [0.1, 0.15) is 0 Å². The molecule has 0 saturated heterocycles. The summed E-state index contributed by atoms with van der Waals surface area (Å²) < 4.78 is 0. The molecule has 1 aromatic heterocycles. The summed E-state index contributed by atoms with van der Waals surface area (Å²) in [5.41, 5.74) is 4.36. The van der Waals surface area contributed by atoms with Gasteiger partial charge in [0, 0.05) is 11.4 Å². The van der Waals surface area contributed by atoms with Crippen molar-refractivity contribution in [2.45, 2.75) is 13.5 Å².